The predicted octanol–water partition coefficient (Wildman–Crippen LogP) is 1.93. The van der Waals surface area contributed by atoms with E-state index in [1.54, 1.807) is 26.6 Å². The van der Waals surface area contributed by atoms with E-state index in [9.17, 15) is 4.79 Å². The number of pyridine rings is 1. The summed E-state index contributed by atoms with van der Waals surface area (Å²) in [7, 11) is 5.18. The lowest BCUT2D eigenvalue weighted by Crippen LogP contribution is -2.36. The molecule has 0 fully saturated rings. The van der Waals surface area contributed by atoms with Crippen LogP contribution in [0.3, 0.4) is 0 Å². The minimum Gasteiger partial charge on any atom is -0.493 e. The zero-order valence-corrected chi connectivity index (χ0v) is 15.7. The maximum atomic E-state index is 12.1. The fourth-order valence-corrected chi connectivity index (χ4v) is 2.63. The van der Waals surface area contributed by atoms with Crippen molar-refractivity contribution in [1.82, 2.24) is 15.2 Å². The Kier molecular flexibility index (Phi) is 7.89. The van der Waals surface area contributed by atoms with Crippen LogP contribution in [0.4, 0.5) is 0 Å². The summed E-state index contributed by atoms with van der Waals surface area (Å²) in [6.07, 6.45) is 5.22. The minimum absolute atomic E-state index is 0.0303. The summed E-state index contributed by atoms with van der Waals surface area (Å²) < 4.78 is 10.5. The van der Waals surface area contributed by atoms with Crippen LogP contribution in [0, 0.1) is 0 Å². The molecule has 1 amide bonds. The number of amides is 1. The number of likely N-dealkylation sites (N-methyl/N-ethyl adjacent to an activating group) is 1. The molecule has 0 aliphatic carbocycles. The first-order valence-corrected chi connectivity index (χ1v) is 8.67. The molecule has 1 aromatic heterocycles. The zero-order chi connectivity index (χ0) is 18.8. The topological polar surface area (TPSA) is 63.7 Å². The van der Waals surface area contributed by atoms with Crippen molar-refractivity contribution >= 4 is 5.91 Å². The maximum Gasteiger partial charge on any atom is 0.234 e. The second-order valence-electron chi connectivity index (χ2n) is 6.13. The van der Waals surface area contributed by atoms with E-state index in [2.05, 4.69) is 10.3 Å². The Hall–Kier alpha value is -2.60. The van der Waals surface area contributed by atoms with Gasteiger partial charge in [-0.05, 0) is 55.3 Å². The molecule has 0 unspecified atom stereocenters. The number of hydrogen-bond acceptors (Lipinski definition) is 5. The summed E-state index contributed by atoms with van der Waals surface area (Å²) in [6.45, 7) is 1.80. The van der Waals surface area contributed by atoms with Crippen molar-refractivity contribution in [3.8, 4) is 11.5 Å². The van der Waals surface area contributed by atoms with E-state index < -0.39 is 0 Å². The van der Waals surface area contributed by atoms with Gasteiger partial charge in [-0.1, -0.05) is 6.07 Å². The Morgan fingerprint density at radius 1 is 1.04 bits per heavy atom. The van der Waals surface area contributed by atoms with Crippen molar-refractivity contribution < 1.29 is 14.3 Å². The summed E-state index contributed by atoms with van der Waals surface area (Å²) in [4.78, 5) is 18.1. The number of nitrogens with zero attached hydrogens (tertiary/aromatic N) is 2. The number of ether oxygens (including phenoxy) is 2. The third kappa shape index (κ3) is 6.37. The van der Waals surface area contributed by atoms with Crippen molar-refractivity contribution in [1.29, 1.82) is 0 Å². The molecule has 0 saturated heterocycles. The first-order chi connectivity index (χ1) is 12.6. The first kappa shape index (κ1) is 19.7. The van der Waals surface area contributed by atoms with Gasteiger partial charge in [-0.25, -0.2) is 0 Å². The molecule has 2 aromatic rings. The number of carbonyl (C=O) groups is 1. The highest BCUT2D eigenvalue weighted by molar-refractivity contribution is 5.77. The van der Waals surface area contributed by atoms with E-state index in [-0.39, 0.29) is 5.91 Å². The van der Waals surface area contributed by atoms with Crippen molar-refractivity contribution in [2.45, 2.75) is 12.8 Å². The van der Waals surface area contributed by atoms with Crippen LogP contribution in [0.25, 0.3) is 0 Å². The zero-order valence-electron chi connectivity index (χ0n) is 15.7. The molecule has 1 heterocycles. The second kappa shape index (κ2) is 10.4. The Balaban J connectivity index is 1.69. The van der Waals surface area contributed by atoms with Gasteiger partial charge < -0.3 is 14.8 Å². The molecule has 1 aromatic carbocycles. The van der Waals surface area contributed by atoms with Crippen LogP contribution in [-0.4, -0.2) is 56.7 Å². The molecule has 0 atom stereocenters. The highest BCUT2D eigenvalue weighted by Gasteiger charge is 2.08. The van der Waals surface area contributed by atoms with E-state index in [0.717, 1.165) is 24.9 Å². The van der Waals surface area contributed by atoms with Crippen molar-refractivity contribution in [2.24, 2.45) is 0 Å². The van der Waals surface area contributed by atoms with E-state index in [1.807, 2.05) is 42.3 Å². The second-order valence-corrected chi connectivity index (χ2v) is 6.13. The van der Waals surface area contributed by atoms with Crippen molar-refractivity contribution in [3.05, 3.63) is 53.9 Å². The lowest BCUT2D eigenvalue weighted by atomic mass is 10.1. The van der Waals surface area contributed by atoms with Gasteiger partial charge in [0.25, 0.3) is 0 Å². The summed E-state index contributed by atoms with van der Waals surface area (Å²) in [6, 6.07) is 9.79. The highest BCUT2D eigenvalue weighted by Crippen LogP contribution is 2.27. The molecule has 26 heavy (non-hydrogen) atoms. The van der Waals surface area contributed by atoms with Crippen molar-refractivity contribution in [3.63, 3.8) is 0 Å². The number of hydrogen-bond donors (Lipinski definition) is 1. The number of nitrogens with one attached hydrogen (secondary N) is 1. The molecule has 0 saturated carbocycles. The summed E-state index contributed by atoms with van der Waals surface area (Å²) in [5.41, 5.74) is 2.31. The molecular formula is C20H27N3O3. The average molecular weight is 357 g/mol. The number of carbonyl (C=O) groups excluding carboxylic acids is 1. The molecule has 0 aliphatic heterocycles. The molecule has 6 heteroatoms. The lowest BCUT2D eigenvalue weighted by molar-refractivity contribution is -0.121. The minimum atomic E-state index is 0.0303. The molecule has 6 nitrogen and oxygen atoms in total. The number of methoxy groups -OCH3 is 2. The van der Waals surface area contributed by atoms with E-state index in [1.165, 1.54) is 5.56 Å². The predicted molar refractivity (Wildman–Crippen MR) is 102 cm³/mol. The van der Waals surface area contributed by atoms with Gasteiger partial charge in [0.2, 0.25) is 5.91 Å². The van der Waals surface area contributed by atoms with Gasteiger partial charge in [-0.15, -0.1) is 0 Å². The van der Waals surface area contributed by atoms with Gasteiger partial charge >= 0.3 is 0 Å². The molecule has 2 rings (SSSR count). The lowest BCUT2D eigenvalue weighted by Gasteiger charge is -2.16. The molecule has 0 spiro atoms. The quantitative estimate of drug-likeness (QED) is 0.704. The van der Waals surface area contributed by atoms with E-state index in [4.69, 9.17) is 9.47 Å². The number of benzene rings is 1. The molecular weight excluding hydrogens is 330 g/mol. The Bertz CT molecular complexity index is 692. The third-order valence-electron chi connectivity index (χ3n) is 4.13. The average Bonchev–Trinajstić information content (AvgIpc) is 2.67. The van der Waals surface area contributed by atoms with E-state index >= 15 is 0 Å². The van der Waals surface area contributed by atoms with Gasteiger partial charge in [0.05, 0.1) is 20.8 Å². The van der Waals surface area contributed by atoms with E-state index in [0.29, 0.717) is 24.6 Å². The van der Waals surface area contributed by atoms with Gasteiger partial charge in [0.15, 0.2) is 11.5 Å². The largest absolute Gasteiger partial charge is 0.493 e. The summed E-state index contributed by atoms with van der Waals surface area (Å²) in [5.74, 6) is 1.44. The maximum absolute atomic E-state index is 12.1. The monoisotopic (exact) mass is 357 g/mol. The fourth-order valence-electron chi connectivity index (χ4n) is 2.63. The van der Waals surface area contributed by atoms with Gasteiger partial charge in [0.1, 0.15) is 0 Å². The van der Waals surface area contributed by atoms with Gasteiger partial charge in [-0.2, -0.15) is 0 Å². The molecule has 0 aliphatic rings. The Morgan fingerprint density at radius 3 is 2.46 bits per heavy atom. The normalized spacial score (nSPS) is 10.6. The Morgan fingerprint density at radius 2 is 1.77 bits per heavy atom. The SMILES string of the molecule is COc1ccc(CCNC(=O)CN(C)CCc2ccncc2)cc1OC. The molecule has 1 N–H and O–H groups in total. The standard InChI is InChI=1S/C20H27N3O3/c1-23(13-9-16-6-10-21-11-7-16)15-20(24)22-12-8-17-4-5-18(25-2)19(14-17)26-3/h4-7,10-11,14H,8-9,12-13,15H2,1-3H3,(H,22,24). The van der Waals surface area contributed by atoms with Crippen LogP contribution < -0.4 is 14.8 Å². The van der Waals surface area contributed by atoms with Crippen LogP contribution in [0.1, 0.15) is 11.1 Å². The Labute approximate surface area is 155 Å². The van der Waals surface area contributed by atoms with Crippen LogP contribution in [-0.2, 0) is 17.6 Å². The molecule has 0 bridgehead atoms. The van der Waals surface area contributed by atoms with Gasteiger partial charge in [-0.3, -0.25) is 14.7 Å². The highest BCUT2D eigenvalue weighted by atomic mass is 16.5. The van der Waals surface area contributed by atoms with Crippen LogP contribution >= 0.6 is 0 Å². The van der Waals surface area contributed by atoms with Crippen molar-refractivity contribution in [2.75, 3.05) is 40.9 Å². The molecule has 0 radical (unpaired) electrons. The summed E-state index contributed by atoms with van der Waals surface area (Å²) >= 11 is 0. The fraction of sp³-hybridized carbons (Fsp3) is 0.400. The van der Waals surface area contributed by atoms with Gasteiger partial charge in [0, 0.05) is 25.5 Å². The van der Waals surface area contributed by atoms with Crippen LogP contribution in [0.2, 0.25) is 0 Å². The molecule has 140 valence electrons. The number of aromatic nitrogens is 1. The first-order valence-electron chi connectivity index (χ1n) is 8.67. The number of rotatable bonds is 10. The third-order valence-corrected chi connectivity index (χ3v) is 4.13. The van der Waals surface area contributed by atoms with Crippen LogP contribution in [0.5, 0.6) is 11.5 Å². The summed E-state index contributed by atoms with van der Waals surface area (Å²) in [5, 5.41) is 2.96. The smallest absolute Gasteiger partial charge is 0.234 e. The van der Waals surface area contributed by atoms with Crippen LogP contribution in [0.15, 0.2) is 42.7 Å².